The molecule has 0 aliphatic heterocycles. The normalized spacial score (nSPS) is 19.8. The zero-order valence-corrected chi connectivity index (χ0v) is 9.38. The third-order valence-corrected chi connectivity index (χ3v) is 3.01. The summed E-state index contributed by atoms with van der Waals surface area (Å²) in [6.45, 7) is 4.15. The van der Waals surface area contributed by atoms with Gasteiger partial charge >= 0.3 is 0 Å². The van der Waals surface area contributed by atoms with Crippen LogP contribution in [0.5, 0.6) is 0 Å². The molecule has 0 saturated carbocycles. The van der Waals surface area contributed by atoms with Crippen molar-refractivity contribution in [2.24, 2.45) is 5.73 Å². The molecule has 2 nitrogen and oxygen atoms in total. The zero-order chi connectivity index (χ0) is 11.9. The van der Waals surface area contributed by atoms with E-state index in [0.717, 1.165) is 16.7 Å². The number of carbonyl (C=O) groups excluding carboxylic acids is 1. The molecule has 2 rings (SSSR count). The highest BCUT2D eigenvalue weighted by molar-refractivity contribution is 5.95. The minimum absolute atomic E-state index is 0.0652. The van der Waals surface area contributed by atoms with Crippen LogP contribution in [0.25, 0.3) is 5.57 Å². The molecule has 1 aliphatic carbocycles. The van der Waals surface area contributed by atoms with Gasteiger partial charge in [-0.2, -0.15) is 0 Å². The molecule has 0 fully saturated rings. The molecule has 0 atom stereocenters. The lowest BCUT2D eigenvalue weighted by molar-refractivity contribution is -0.113. The SMILES string of the molecule is CC1(C)C/C(=C/C(N)=O)c2cc(F)ccc21. The number of fused-ring (bicyclic) bond motifs is 1. The Morgan fingerprint density at radius 3 is 2.81 bits per heavy atom. The number of carbonyl (C=O) groups is 1. The van der Waals surface area contributed by atoms with Crippen LogP contribution < -0.4 is 5.73 Å². The number of nitrogens with two attached hydrogens (primary N) is 1. The minimum Gasteiger partial charge on any atom is -0.366 e. The van der Waals surface area contributed by atoms with E-state index in [-0.39, 0.29) is 11.2 Å². The van der Waals surface area contributed by atoms with Crippen LogP contribution in [-0.4, -0.2) is 5.91 Å². The molecule has 3 heteroatoms. The summed E-state index contributed by atoms with van der Waals surface area (Å²) in [5, 5.41) is 0. The molecule has 0 unspecified atom stereocenters. The van der Waals surface area contributed by atoms with Gasteiger partial charge in [-0.15, -0.1) is 0 Å². The third kappa shape index (κ3) is 1.73. The number of rotatable bonds is 1. The summed E-state index contributed by atoms with van der Waals surface area (Å²) in [7, 11) is 0. The predicted octanol–water partition coefficient (Wildman–Crippen LogP) is 2.38. The standard InChI is InChI=1S/C13H14FNO/c1-13(2)7-8(5-12(15)16)10-6-9(14)3-4-11(10)13/h3-6H,7H2,1-2H3,(H2,15,16)/b8-5-. The molecule has 0 spiro atoms. The summed E-state index contributed by atoms with van der Waals surface area (Å²) in [6.07, 6.45) is 2.11. The van der Waals surface area contributed by atoms with Gasteiger partial charge in [-0.05, 0) is 40.7 Å². The van der Waals surface area contributed by atoms with Crippen LogP contribution in [0, 0.1) is 5.82 Å². The van der Waals surface area contributed by atoms with Crippen molar-refractivity contribution in [1.82, 2.24) is 0 Å². The molecule has 0 bridgehead atoms. The molecule has 16 heavy (non-hydrogen) atoms. The van der Waals surface area contributed by atoms with Gasteiger partial charge in [-0.25, -0.2) is 4.39 Å². The Kier molecular flexibility index (Phi) is 2.34. The van der Waals surface area contributed by atoms with E-state index in [2.05, 4.69) is 13.8 Å². The fraction of sp³-hybridized carbons (Fsp3) is 0.308. The van der Waals surface area contributed by atoms with Crippen molar-refractivity contribution in [3.63, 3.8) is 0 Å². The van der Waals surface area contributed by atoms with Crippen molar-refractivity contribution in [2.45, 2.75) is 25.7 Å². The monoisotopic (exact) mass is 219 g/mol. The number of allylic oxidation sites excluding steroid dienone is 1. The summed E-state index contributed by atoms with van der Waals surface area (Å²) in [5.74, 6) is -0.769. The Bertz CT molecular complexity index is 489. The number of amides is 1. The van der Waals surface area contributed by atoms with Crippen LogP contribution >= 0.6 is 0 Å². The van der Waals surface area contributed by atoms with Crippen molar-refractivity contribution in [3.05, 3.63) is 41.2 Å². The van der Waals surface area contributed by atoms with Gasteiger partial charge in [0.2, 0.25) is 5.91 Å². The topological polar surface area (TPSA) is 43.1 Å². The molecule has 0 saturated heterocycles. The van der Waals surface area contributed by atoms with E-state index in [1.807, 2.05) is 0 Å². The maximum absolute atomic E-state index is 13.2. The first-order chi connectivity index (χ1) is 7.40. The average Bonchev–Trinajstić information content (AvgIpc) is 2.37. The largest absolute Gasteiger partial charge is 0.366 e. The van der Waals surface area contributed by atoms with Crippen molar-refractivity contribution >= 4 is 11.5 Å². The average molecular weight is 219 g/mol. The van der Waals surface area contributed by atoms with Gasteiger partial charge in [-0.1, -0.05) is 19.9 Å². The Labute approximate surface area is 94.0 Å². The summed E-state index contributed by atoms with van der Waals surface area (Å²) >= 11 is 0. The quantitative estimate of drug-likeness (QED) is 0.724. The van der Waals surface area contributed by atoms with Gasteiger partial charge in [0, 0.05) is 6.08 Å². The van der Waals surface area contributed by atoms with Crippen molar-refractivity contribution in [2.75, 3.05) is 0 Å². The minimum atomic E-state index is -0.483. The van der Waals surface area contributed by atoms with E-state index < -0.39 is 5.91 Å². The summed E-state index contributed by atoms with van der Waals surface area (Å²) in [5.41, 5.74) is 7.79. The highest BCUT2D eigenvalue weighted by Gasteiger charge is 2.33. The molecular formula is C13H14FNO. The van der Waals surface area contributed by atoms with Crippen LogP contribution in [0.1, 0.15) is 31.4 Å². The molecule has 1 aromatic carbocycles. The van der Waals surface area contributed by atoms with Crippen LogP contribution in [0.15, 0.2) is 24.3 Å². The summed E-state index contributed by atoms with van der Waals surface area (Å²) in [4.78, 5) is 10.9. The Morgan fingerprint density at radius 1 is 1.50 bits per heavy atom. The lowest BCUT2D eigenvalue weighted by atomic mass is 9.86. The van der Waals surface area contributed by atoms with Crippen LogP contribution in [-0.2, 0) is 10.2 Å². The first-order valence-corrected chi connectivity index (χ1v) is 5.20. The molecule has 1 aliphatic rings. The predicted molar refractivity (Wildman–Crippen MR) is 61.2 cm³/mol. The Balaban J connectivity index is 2.60. The maximum atomic E-state index is 13.2. The molecular weight excluding hydrogens is 205 g/mol. The van der Waals surface area contributed by atoms with Crippen LogP contribution in [0.4, 0.5) is 4.39 Å². The molecule has 84 valence electrons. The molecule has 2 N–H and O–H groups in total. The smallest absolute Gasteiger partial charge is 0.241 e. The van der Waals surface area contributed by atoms with Gasteiger partial charge in [-0.3, -0.25) is 4.79 Å². The molecule has 0 radical (unpaired) electrons. The highest BCUT2D eigenvalue weighted by Crippen LogP contribution is 2.45. The first-order valence-electron chi connectivity index (χ1n) is 5.20. The fourth-order valence-corrected chi connectivity index (χ4v) is 2.34. The van der Waals surface area contributed by atoms with Gasteiger partial charge in [0.15, 0.2) is 0 Å². The number of hydrogen-bond acceptors (Lipinski definition) is 1. The van der Waals surface area contributed by atoms with Gasteiger partial charge in [0.05, 0.1) is 0 Å². The second-order valence-electron chi connectivity index (χ2n) is 4.82. The lowest BCUT2D eigenvalue weighted by Crippen LogP contribution is -2.11. The summed E-state index contributed by atoms with van der Waals surface area (Å²) < 4.78 is 13.2. The van der Waals surface area contributed by atoms with E-state index >= 15 is 0 Å². The molecule has 1 amide bonds. The first kappa shape index (κ1) is 10.9. The number of halogens is 1. The van der Waals surface area contributed by atoms with E-state index in [1.54, 1.807) is 6.07 Å². The Morgan fingerprint density at radius 2 is 2.19 bits per heavy atom. The Hall–Kier alpha value is -1.64. The van der Waals surface area contributed by atoms with E-state index in [1.165, 1.54) is 18.2 Å². The van der Waals surface area contributed by atoms with Crippen molar-refractivity contribution in [3.8, 4) is 0 Å². The van der Waals surface area contributed by atoms with Crippen molar-refractivity contribution in [1.29, 1.82) is 0 Å². The van der Waals surface area contributed by atoms with Crippen molar-refractivity contribution < 1.29 is 9.18 Å². The van der Waals surface area contributed by atoms with Gasteiger partial charge < -0.3 is 5.73 Å². The second kappa shape index (κ2) is 3.44. The molecule has 0 heterocycles. The van der Waals surface area contributed by atoms with Gasteiger partial charge in [0.1, 0.15) is 5.82 Å². The number of benzene rings is 1. The third-order valence-electron chi connectivity index (χ3n) is 3.01. The second-order valence-corrected chi connectivity index (χ2v) is 4.82. The zero-order valence-electron chi connectivity index (χ0n) is 9.38. The lowest BCUT2D eigenvalue weighted by Gasteiger charge is -2.17. The maximum Gasteiger partial charge on any atom is 0.241 e. The number of hydrogen-bond donors (Lipinski definition) is 1. The van der Waals surface area contributed by atoms with Gasteiger partial charge in [0.25, 0.3) is 0 Å². The van der Waals surface area contributed by atoms with E-state index in [0.29, 0.717) is 6.42 Å². The number of primary amides is 1. The molecule has 0 aromatic heterocycles. The van der Waals surface area contributed by atoms with E-state index in [4.69, 9.17) is 5.73 Å². The fourth-order valence-electron chi connectivity index (χ4n) is 2.34. The summed E-state index contributed by atoms with van der Waals surface area (Å²) in [6, 6.07) is 4.71. The van der Waals surface area contributed by atoms with Crippen LogP contribution in [0.3, 0.4) is 0 Å². The highest BCUT2D eigenvalue weighted by atomic mass is 19.1. The molecule has 1 aromatic rings. The van der Waals surface area contributed by atoms with Crippen LogP contribution in [0.2, 0.25) is 0 Å². The van der Waals surface area contributed by atoms with E-state index in [9.17, 15) is 9.18 Å².